The van der Waals surface area contributed by atoms with Crippen LogP contribution >= 0.6 is 0 Å². The third-order valence-corrected chi connectivity index (χ3v) is 3.35. The lowest BCUT2D eigenvalue weighted by atomic mass is 10.1. The molecule has 0 radical (unpaired) electrons. The fourth-order valence-electron chi connectivity index (χ4n) is 2.38. The zero-order valence-corrected chi connectivity index (χ0v) is 13.2. The van der Waals surface area contributed by atoms with Crippen molar-refractivity contribution in [3.8, 4) is 0 Å². The summed E-state index contributed by atoms with van der Waals surface area (Å²) in [5.41, 5.74) is 0. The summed E-state index contributed by atoms with van der Waals surface area (Å²) in [5, 5.41) is 0. The molecule has 0 aromatic rings. The van der Waals surface area contributed by atoms with Gasteiger partial charge in [0.1, 0.15) is 0 Å². The van der Waals surface area contributed by atoms with E-state index < -0.39 is 0 Å². The van der Waals surface area contributed by atoms with E-state index in [-0.39, 0.29) is 0 Å². The van der Waals surface area contributed by atoms with E-state index in [2.05, 4.69) is 32.8 Å². The lowest BCUT2D eigenvalue weighted by molar-refractivity contribution is 0.0369. The van der Waals surface area contributed by atoms with E-state index in [4.69, 9.17) is 4.74 Å². The molecule has 0 aliphatic carbocycles. The van der Waals surface area contributed by atoms with Gasteiger partial charge in [0.25, 0.3) is 0 Å². The summed E-state index contributed by atoms with van der Waals surface area (Å²) in [4.78, 5) is 2.23. The highest BCUT2D eigenvalue weighted by Gasteiger charge is 2.08. The van der Waals surface area contributed by atoms with Crippen LogP contribution in [0.4, 0.5) is 0 Å². The fraction of sp³-hybridized carbons (Fsp3) is 1.00. The van der Waals surface area contributed by atoms with Crippen LogP contribution in [0.25, 0.3) is 0 Å². The van der Waals surface area contributed by atoms with Crippen molar-refractivity contribution < 1.29 is 4.74 Å². The number of hydrogen-bond acceptors (Lipinski definition) is 2. The van der Waals surface area contributed by atoms with Gasteiger partial charge >= 0.3 is 0 Å². The minimum atomic E-state index is 0.435. The Kier molecular flexibility index (Phi) is 13.3. The van der Waals surface area contributed by atoms with Crippen molar-refractivity contribution >= 4 is 0 Å². The zero-order valence-electron chi connectivity index (χ0n) is 13.2. The molecule has 0 aromatic carbocycles. The predicted octanol–water partition coefficient (Wildman–Crippen LogP) is 4.48. The van der Waals surface area contributed by atoms with Crippen LogP contribution in [0.2, 0.25) is 0 Å². The molecule has 0 fully saturated rings. The average Bonchev–Trinajstić information content (AvgIpc) is 2.32. The van der Waals surface area contributed by atoms with Gasteiger partial charge in [-0.3, -0.25) is 0 Å². The van der Waals surface area contributed by atoms with Gasteiger partial charge in [0.05, 0.1) is 6.10 Å². The summed E-state index contributed by atoms with van der Waals surface area (Å²) >= 11 is 0. The maximum absolute atomic E-state index is 5.77. The molecule has 110 valence electrons. The Labute approximate surface area is 115 Å². The minimum Gasteiger partial charge on any atom is -0.377 e. The number of rotatable bonds is 13. The molecule has 18 heavy (non-hydrogen) atoms. The Morgan fingerprint density at radius 1 is 0.833 bits per heavy atom. The second-order valence-corrected chi connectivity index (χ2v) is 5.60. The highest BCUT2D eigenvalue weighted by molar-refractivity contribution is 4.61. The fourth-order valence-corrected chi connectivity index (χ4v) is 2.38. The first-order valence-electron chi connectivity index (χ1n) is 7.97. The summed E-state index contributed by atoms with van der Waals surface area (Å²) in [7, 11) is 4.25. The number of likely N-dealkylation sites (N-methyl/N-ethyl adjacent to an activating group) is 1. The molecule has 2 nitrogen and oxygen atoms in total. The molecule has 1 atom stereocenters. The van der Waals surface area contributed by atoms with Gasteiger partial charge < -0.3 is 9.64 Å². The van der Waals surface area contributed by atoms with Crippen LogP contribution < -0.4 is 0 Å². The Morgan fingerprint density at radius 3 is 1.89 bits per heavy atom. The van der Waals surface area contributed by atoms with Crippen LogP contribution in [-0.4, -0.2) is 38.3 Å². The molecule has 0 spiro atoms. The van der Waals surface area contributed by atoms with E-state index in [9.17, 15) is 0 Å². The van der Waals surface area contributed by atoms with Crippen molar-refractivity contribution in [2.24, 2.45) is 0 Å². The van der Waals surface area contributed by atoms with Crippen molar-refractivity contribution in [2.45, 2.75) is 77.7 Å². The van der Waals surface area contributed by atoms with E-state index in [1.54, 1.807) is 0 Å². The van der Waals surface area contributed by atoms with E-state index >= 15 is 0 Å². The summed E-state index contributed by atoms with van der Waals surface area (Å²) in [6, 6.07) is 0. The summed E-state index contributed by atoms with van der Waals surface area (Å²) in [5.74, 6) is 0. The molecular weight excluding hydrogens is 222 g/mol. The third-order valence-electron chi connectivity index (χ3n) is 3.35. The van der Waals surface area contributed by atoms with Crippen molar-refractivity contribution in [2.75, 3.05) is 27.2 Å². The van der Waals surface area contributed by atoms with E-state index in [1.165, 1.54) is 57.8 Å². The minimum absolute atomic E-state index is 0.435. The van der Waals surface area contributed by atoms with Crippen molar-refractivity contribution in [1.29, 1.82) is 0 Å². The van der Waals surface area contributed by atoms with Gasteiger partial charge in [0.15, 0.2) is 0 Å². The van der Waals surface area contributed by atoms with Gasteiger partial charge in [-0.25, -0.2) is 0 Å². The number of ether oxygens (including phenoxy) is 1. The highest BCUT2D eigenvalue weighted by atomic mass is 16.5. The molecule has 1 unspecified atom stereocenters. The average molecular weight is 257 g/mol. The Hall–Kier alpha value is -0.0800. The number of nitrogens with zero attached hydrogens (tertiary/aromatic N) is 1. The molecule has 0 heterocycles. The van der Waals surface area contributed by atoms with E-state index in [0.29, 0.717) is 6.10 Å². The molecule has 0 saturated heterocycles. The molecule has 0 saturated carbocycles. The first-order chi connectivity index (χ1) is 8.70. The van der Waals surface area contributed by atoms with Crippen molar-refractivity contribution in [1.82, 2.24) is 4.90 Å². The molecule has 0 aliphatic rings. The van der Waals surface area contributed by atoms with Crippen LogP contribution in [0.1, 0.15) is 71.6 Å². The lowest BCUT2D eigenvalue weighted by Gasteiger charge is -2.20. The SMILES string of the molecule is CCCCCCCCCCC(CN(C)C)OCC. The van der Waals surface area contributed by atoms with Crippen molar-refractivity contribution in [3.05, 3.63) is 0 Å². The van der Waals surface area contributed by atoms with Gasteiger partial charge in [0, 0.05) is 13.2 Å². The summed E-state index contributed by atoms with van der Waals surface area (Å²) < 4.78 is 5.77. The molecule has 0 aliphatic heterocycles. The number of unbranched alkanes of at least 4 members (excludes halogenated alkanes) is 7. The van der Waals surface area contributed by atoms with Crippen LogP contribution in [0, 0.1) is 0 Å². The van der Waals surface area contributed by atoms with Crippen LogP contribution in [-0.2, 0) is 4.74 Å². The van der Waals surface area contributed by atoms with Gasteiger partial charge in [-0.1, -0.05) is 58.3 Å². The third kappa shape index (κ3) is 12.4. The standard InChI is InChI=1S/C16H35NO/c1-5-7-8-9-10-11-12-13-14-16(18-6-2)15-17(3)4/h16H,5-15H2,1-4H3. The molecule has 0 N–H and O–H groups in total. The van der Waals surface area contributed by atoms with E-state index in [0.717, 1.165) is 13.2 Å². The summed E-state index contributed by atoms with van der Waals surface area (Å²) in [6.07, 6.45) is 12.8. The monoisotopic (exact) mass is 257 g/mol. The molecule has 2 heteroatoms. The van der Waals surface area contributed by atoms with Gasteiger partial charge in [-0.15, -0.1) is 0 Å². The van der Waals surface area contributed by atoms with Gasteiger partial charge in [-0.2, -0.15) is 0 Å². The maximum Gasteiger partial charge on any atom is 0.0701 e. The maximum atomic E-state index is 5.77. The molecule has 0 amide bonds. The Morgan fingerprint density at radius 2 is 1.39 bits per heavy atom. The van der Waals surface area contributed by atoms with Crippen LogP contribution in [0.15, 0.2) is 0 Å². The Bertz CT molecular complexity index is 159. The molecule has 0 aromatic heterocycles. The second kappa shape index (κ2) is 13.4. The molecule has 0 bridgehead atoms. The zero-order chi connectivity index (χ0) is 13.6. The van der Waals surface area contributed by atoms with E-state index in [1.807, 2.05) is 0 Å². The Balaban J connectivity index is 3.37. The normalized spacial score (nSPS) is 13.2. The number of hydrogen-bond donors (Lipinski definition) is 0. The van der Waals surface area contributed by atoms with Gasteiger partial charge in [-0.05, 0) is 27.4 Å². The predicted molar refractivity (Wildman–Crippen MR) is 81.2 cm³/mol. The lowest BCUT2D eigenvalue weighted by Crippen LogP contribution is -2.28. The topological polar surface area (TPSA) is 12.5 Å². The first kappa shape index (κ1) is 17.9. The van der Waals surface area contributed by atoms with Crippen LogP contribution in [0.3, 0.4) is 0 Å². The molecule has 0 rings (SSSR count). The molecular formula is C16H35NO. The van der Waals surface area contributed by atoms with Crippen molar-refractivity contribution in [3.63, 3.8) is 0 Å². The quantitative estimate of drug-likeness (QED) is 0.451. The largest absolute Gasteiger partial charge is 0.377 e. The summed E-state index contributed by atoms with van der Waals surface area (Å²) in [6.45, 7) is 6.27. The van der Waals surface area contributed by atoms with Gasteiger partial charge in [0.2, 0.25) is 0 Å². The first-order valence-corrected chi connectivity index (χ1v) is 7.97. The van der Waals surface area contributed by atoms with Crippen LogP contribution in [0.5, 0.6) is 0 Å². The second-order valence-electron chi connectivity index (χ2n) is 5.60. The highest BCUT2D eigenvalue weighted by Crippen LogP contribution is 2.12. The smallest absolute Gasteiger partial charge is 0.0701 e.